The quantitative estimate of drug-likeness (QED) is 0.701. The maximum atomic E-state index is 11.8. The number of hydrogen-bond acceptors (Lipinski definition) is 8. The van der Waals surface area contributed by atoms with Crippen LogP contribution in [0.1, 0.15) is 19.8 Å². The summed E-state index contributed by atoms with van der Waals surface area (Å²) in [5.74, 6) is 2.05. The third kappa shape index (κ3) is 4.05. The highest BCUT2D eigenvalue weighted by atomic mass is 32.2. The summed E-state index contributed by atoms with van der Waals surface area (Å²) in [6.45, 7) is 2.62. The van der Waals surface area contributed by atoms with Crippen molar-refractivity contribution in [1.82, 2.24) is 9.97 Å². The van der Waals surface area contributed by atoms with Crippen LogP contribution in [0, 0.1) is 0 Å². The lowest BCUT2D eigenvalue weighted by atomic mass is 10.2. The van der Waals surface area contributed by atoms with Crippen molar-refractivity contribution in [2.24, 2.45) is 0 Å². The molecule has 1 aromatic rings. The van der Waals surface area contributed by atoms with Gasteiger partial charge in [-0.05, 0) is 19.8 Å². The highest BCUT2D eigenvalue weighted by molar-refractivity contribution is 7.91. The largest absolute Gasteiger partial charge is 0.355 e. The van der Waals surface area contributed by atoms with E-state index in [4.69, 9.17) is 0 Å². The molecular weight excluding hydrogens is 364 g/mol. The molecule has 0 aromatic carbocycles. The molecule has 0 amide bonds. The minimum Gasteiger partial charge on any atom is -0.355 e. The Bertz CT molecular complexity index is 841. The van der Waals surface area contributed by atoms with Gasteiger partial charge in [0.15, 0.2) is 19.7 Å². The van der Waals surface area contributed by atoms with Crippen LogP contribution in [0.25, 0.3) is 0 Å². The second-order valence-electron chi connectivity index (χ2n) is 6.75. The maximum Gasteiger partial charge on any atom is 0.152 e. The van der Waals surface area contributed by atoms with Gasteiger partial charge in [0.1, 0.15) is 18.0 Å². The van der Waals surface area contributed by atoms with Gasteiger partial charge in [0.2, 0.25) is 0 Å². The van der Waals surface area contributed by atoms with Crippen molar-refractivity contribution in [3.8, 4) is 0 Å². The van der Waals surface area contributed by atoms with Gasteiger partial charge in [-0.1, -0.05) is 0 Å². The van der Waals surface area contributed by atoms with E-state index in [1.807, 2.05) is 29.8 Å². The van der Waals surface area contributed by atoms with Crippen molar-refractivity contribution in [2.45, 2.75) is 31.8 Å². The second-order valence-corrected chi connectivity index (χ2v) is 11.2. The topological polar surface area (TPSA) is 101 Å². The predicted molar refractivity (Wildman–Crippen MR) is 97.6 cm³/mol. The van der Waals surface area contributed by atoms with Gasteiger partial charge in [0, 0.05) is 31.7 Å². The Kier molecular flexibility index (Phi) is 4.93. The zero-order valence-corrected chi connectivity index (χ0v) is 16.1. The molecule has 2 atom stereocenters. The van der Waals surface area contributed by atoms with Crippen molar-refractivity contribution in [2.75, 3.05) is 46.4 Å². The molecule has 2 aliphatic heterocycles. The van der Waals surface area contributed by atoms with E-state index >= 15 is 0 Å². The summed E-state index contributed by atoms with van der Waals surface area (Å²) in [6, 6.07) is 1.66. The van der Waals surface area contributed by atoms with Gasteiger partial charge in [-0.2, -0.15) is 0 Å². The molecule has 8 nitrogen and oxygen atoms in total. The lowest BCUT2D eigenvalue weighted by Crippen LogP contribution is -2.37. The van der Waals surface area contributed by atoms with Crippen LogP contribution in [0.3, 0.4) is 0 Å². The summed E-state index contributed by atoms with van der Waals surface area (Å²) >= 11 is 0. The molecule has 10 heteroatoms. The van der Waals surface area contributed by atoms with Gasteiger partial charge in [-0.3, -0.25) is 0 Å². The SMILES string of the molecule is CCN(c1cc(N(C)C2CCS(=O)(=O)C2)ncn1)C1CCS(=O)(=O)C1. The molecule has 0 radical (unpaired) electrons. The molecule has 1 aromatic heterocycles. The Hall–Kier alpha value is -1.42. The molecule has 0 spiro atoms. The van der Waals surface area contributed by atoms with Crippen molar-refractivity contribution >= 4 is 31.3 Å². The second kappa shape index (κ2) is 6.71. The van der Waals surface area contributed by atoms with E-state index in [0.717, 1.165) is 0 Å². The first-order valence-electron chi connectivity index (χ1n) is 8.43. The summed E-state index contributed by atoms with van der Waals surface area (Å²) in [6.07, 6.45) is 2.65. The minimum atomic E-state index is -2.97. The first-order chi connectivity index (χ1) is 11.7. The van der Waals surface area contributed by atoms with E-state index in [1.165, 1.54) is 6.33 Å². The van der Waals surface area contributed by atoms with Gasteiger partial charge in [-0.25, -0.2) is 26.8 Å². The van der Waals surface area contributed by atoms with Crippen LogP contribution in [-0.4, -0.2) is 75.5 Å². The number of anilines is 2. The van der Waals surface area contributed by atoms with Crippen LogP contribution in [-0.2, 0) is 19.7 Å². The van der Waals surface area contributed by atoms with Gasteiger partial charge in [0.05, 0.1) is 23.0 Å². The summed E-state index contributed by atoms with van der Waals surface area (Å²) in [7, 11) is -4.10. The van der Waals surface area contributed by atoms with Crippen LogP contribution in [0.2, 0.25) is 0 Å². The van der Waals surface area contributed by atoms with Crippen LogP contribution >= 0.6 is 0 Å². The summed E-state index contributed by atoms with van der Waals surface area (Å²) in [5, 5.41) is 0. The fourth-order valence-electron chi connectivity index (χ4n) is 3.58. The average Bonchev–Trinajstić information content (AvgIpc) is 3.09. The molecule has 140 valence electrons. The van der Waals surface area contributed by atoms with Crippen molar-refractivity contribution in [1.29, 1.82) is 0 Å². The van der Waals surface area contributed by atoms with Crippen LogP contribution in [0.4, 0.5) is 11.6 Å². The van der Waals surface area contributed by atoms with E-state index in [1.54, 1.807) is 0 Å². The lowest BCUT2D eigenvalue weighted by molar-refractivity contribution is 0.598. The third-order valence-corrected chi connectivity index (χ3v) is 8.54. The van der Waals surface area contributed by atoms with E-state index in [-0.39, 0.29) is 35.1 Å². The van der Waals surface area contributed by atoms with Gasteiger partial charge >= 0.3 is 0 Å². The van der Waals surface area contributed by atoms with Gasteiger partial charge < -0.3 is 9.80 Å². The summed E-state index contributed by atoms with van der Waals surface area (Å²) in [4.78, 5) is 12.5. The van der Waals surface area contributed by atoms with Gasteiger partial charge in [0.25, 0.3) is 0 Å². The Labute approximate surface area is 149 Å². The zero-order chi connectivity index (χ0) is 18.2. The zero-order valence-electron chi connectivity index (χ0n) is 14.5. The molecule has 0 saturated carbocycles. The molecule has 2 unspecified atom stereocenters. The number of hydrogen-bond donors (Lipinski definition) is 0. The van der Waals surface area contributed by atoms with Crippen LogP contribution < -0.4 is 9.80 Å². The van der Waals surface area contributed by atoms with Crippen LogP contribution in [0.5, 0.6) is 0 Å². The molecule has 2 aliphatic rings. The van der Waals surface area contributed by atoms with E-state index < -0.39 is 19.7 Å². The molecule has 0 bridgehead atoms. The monoisotopic (exact) mass is 388 g/mol. The molecule has 3 heterocycles. The molecule has 0 aliphatic carbocycles. The molecular formula is C15H24N4O4S2. The summed E-state index contributed by atoms with van der Waals surface area (Å²) < 4.78 is 47.0. The Morgan fingerprint density at radius 1 is 1.00 bits per heavy atom. The van der Waals surface area contributed by atoms with E-state index in [0.29, 0.717) is 31.0 Å². The first kappa shape index (κ1) is 18.4. The van der Waals surface area contributed by atoms with Gasteiger partial charge in [-0.15, -0.1) is 0 Å². The molecule has 3 rings (SSSR count). The maximum absolute atomic E-state index is 11.8. The highest BCUT2D eigenvalue weighted by Gasteiger charge is 2.34. The fourth-order valence-corrected chi connectivity index (χ4v) is 7.09. The molecule has 2 fully saturated rings. The Balaban J connectivity index is 1.81. The summed E-state index contributed by atoms with van der Waals surface area (Å²) in [5.41, 5.74) is 0. The van der Waals surface area contributed by atoms with E-state index in [9.17, 15) is 16.8 Å². The van der Waals surface area contributed by atoms with Crippen molar-refractivity contribution in [3.05, 3.63) is 12.4 Å². The number of aromatic nitrogens is 2. The smallest absolute Gasteiger partial charge is 0.152 e. The average molecular weight is 389 g/mol. The third-order valence-electron chi connectivity index (χ3n) is 5.04. The molecule has 0 N–H and O–H groups in total. The fraction of sp³-hybridized carbons (Fsp3) is 0.733. The number of rotatable bonds is 5. The van der Waals surface area contributed by atoms with Crippen molar-refractivity contribution < 1.29 is 16.8 Å². The lowest BCUT2D eigenvalue weighted by Gasteiger charge is -2.30. The molecule has 2 saturated heterocycles. The first-order valence-corrected chi connectivity index (χ1v) is 12.1. The Morgan fingerprint density at radius 3 is 2.08 bits per heavy atom. The van der Waals surface area contributed by atoms with Crippen LogP contribution in [0.15, 0.2) is 12.4 Å². The van der Waals surface area contributed by atoms with Crippen molar-refractivity contribution in [3.63, 3.8) is 0 Å². The number of nitrogens with zero attached hydrogens (tertiary/aromatic N) is 4. The Morgan fingerprint density at radius 2 is 1.56 bits per heavy atom. The molecule has 25 heavy (non-hydrogen) atoms. The minimum absolute atomic E-state index is 0.0742. The van der Waals surface area contributed by atoms with E-state index in [2.05, 4.69) is 9.97 Å². The standard InChI is InChI=1S/C15H24N4O4S2/c1-3-19(13-5-7-25(22,23)10-13)15-8-14(16-11-17-15)18(2)12-4-6-24(20,21)9-12/h8,11-13H,3-7,9-10H2,1-2H3. The normalized spacial score (nSPS) is 27.3. The number of sulfone groups is 2. The highest BCUT2D eigenvalue weighted by Crippen LogP contribution is 2.26. The predicted octanol–water partition coefficient (Wildman–Crippen LogP) is 0.113.